The predicted molar refractivity (Wildman–Crippen MR) is 117 cm³/mol. The van der Waals surface area contributed by atoms with Crippen molar-refractivity contribution in [2.75, 3.05) is 0 Å². The van der Waals surface area contributed by atoms with Gasteiger partial charge in [0.2, 0.25) is 0 Å². The summed E-state index contributed by atoms with van der Waals surface area (Å²) in [7, 11) is -4.71. The summed E-state index contributed by atoms with van der Waals surface area (Å²) >= 11 is 0. The molecular formula is C22H35NO7S. The number of amides is 2. The van der Waals surface area contributed by atoms with Gasteiger partial charge in [-0.25, -0.2) is 4.79 Å². The van der Waals surface area contributed by atoms with Crippen molar-refractivity contribution in [1.82, 2.24) is 5.06 Å². The van der Waals surface area contributed by atoms with Crippen molar-refractivity contribution in [1.29, 1.82) is 0 Å². The Hall–Kier alpha value is -2.00. The number of imide groups is 1. The van der Waals surface area contributed by atoms with Crippen LogP contribution in [0.4, 0.5) is 0 Å². The first-order valence-electron chi connectivity index (χ1n) is 11.1. The van der Waals surface area contributed by atoms with E-state index in [-0.39, 0.29) is 11.5 Å². The SMILES string of the molecule is CCCCC/C=C\C/C=C\CCCCCCCC(=O)ON1C(=O)CC(S(=O)(=O)O)C1=O. The zero-order valence-corrected chi connectivity index (χ0v) is 19.1. The Labute approximate surface area is 185 Å². The molecule has 8 nitrogen and oxygen atoms in total. The van der Waals surface area contributed by atoms with E-state index in [1.54, 1.807) is 0 Å². The average molecular weight is 458 g/mol. The fraction of sp³-hybridized carbons (Fsp3) is 0.682. The molecule has 1 aliphatic heterocycles. The zero-order chi connectivity index (χ0) is 23.1. The Morgan fingerprint density at radius 1 is 1.00 bits per heavy atom. The lowest BCUT2D eigenvalue weighted by molar-refractivity contribution is -0.197. The molecule has 0 radical (unpaired) electrons. The molecule has 1 unspecified atom stereocenters. The van der Waals surface area contributed by atoms with Crippen LogP contribution in [0.1, 0.15) is 90.4 Å². The van der Waals surface area contributed by atoms with Gasteiger partial charge >= 0.3 is 5.97 Å². The Bertz CT molecular complexity index is 743. The van der Waals surface area contributed by atoms with Gasteiger partial charge in [0.15, 0.2) is 5.25 Å². The third-order valence-corrected chi connectivity index (χ3v) is 6.03. The number of hydroxylamine groups is 2. The van der Waals surface area contributed by atoms with Gasteiger partial charge in [0.1, 0.15) is 0 Å². The summed E-state index contributed by atoms with van der Waals surface area (Å²) in [5.41, 5.74) is 0. The van der Waals surface area contributed by atoms with Crippen molar-refractivity contribution in [3.05, 3.63) is 24.3 Å². The first kappa shape index (κ1) is 27.0. The van der Waals surface area contributed by atoms with Crippen molar-refractivity contribution in [3.8, 4) is 0 Å². The summed E-state index contributed by atoms with van der Waals surface area (Å²) < 4.78 is 31.1. The number of allylic oxidation sites excluding steroid dienone is 4. The summed E-state index contributed by atoms with van der Waals surface area (Å²) in [6, 6.07) is 0. The fourth-order valence-corrected chi connectivity index (χ4v) is 3.84. The van der Waals surface area contributed by atoms with E-state index < -0.39 is 39.6 Å². The Balaban J connectivity index is 2.06. The van der Waals surface area contributed by atoms with Crippen LogP contribution in [0.25, 0.3) is 0 Å². The number of hydrogen-bond donors (Lipinski definition) is 1. The Kier molecular flexibility index (Phi) is 13.0. The highest BCUT2D eigenvalue weighted by Crippen LogP contribution is 2.20. The van der Waals surface area contributed by atoms with Crippen LogP contribution in [0.5, 0.6) is 0 Å². The first-order valence-corrected chi connectivity index (χ1v) is 12.6. The molecule has 2 amide bonds. The minimum absolute atomic E-state index is 0.0259. The van der Waals surface area contributed by atoms with Crippen LogP contribution in [0.3, 0.4) is 0 Å². The van der Waals surface area contributed by atoms with Crippen molar-refractivity contribution < 1.29 is 32.2 Å². The lowest BCUT2D eigenvalue weighted by atomic mass is 10.1. The second kappa shape index (κ2) is 14.9. The molecule has 31 heavy (non-hydrogen) atoms. The first-order chi connectivity index (χ1) is 14.8. The molecule has 0 aliphatic carbocycles. The molecule has 1 fully saturated rings. The average Bonchev–Trinajstić information content (AvgIpc) is 2.99. The van der Waals surface area contributed by atoms with E-state index in [1.165, 1.54) is 19.3 Å². The van der Waals surface area contributed by atoms with Gasteiger partial charge in [-0.15, -0.1) is 5.06 Å². The van der Waals surface area contributed by atoms with Crippen molar-refractivity contribution >= 4 is 27.9 Å². The minimum atomic E-state index is -4.71. The summed E-state index contributed by atoms with van der Waals surface area (Å²) in [6.45, 7) is 2.20. The molecule has 1 rings (SSSR count). The van der Waals surface area contributed by atoms with Crippen LogP contribution in [0, 0.1) is 0 Å². The lowest BCUT2D eigenvalue weighted by Crippen LogP contribution is -2.36. The molecule has 1 atom stereocenters. The van der Waals surface area contributed by atoms with Crippen LogP contribution < -0.4 is 0 Å². The highest BCUT2D eigenvalue weighted by Gasteiger charge is 2.48. The van der Waals surface area contributed by atoms with Crippen LogP contribution in [-0.4, -0.2) is 41.1 Å². The van der Waals surface area contributed by atoms with Gasteiger partial charge in [0.25, 0.3) is 21.9 Å². The van der Waals surface area contributed by atoms with Gasteiger partial charge in [0, 0.05) is 6.42 Å². The normalized spacial score (nSPS) is 17.4. The number of carbonyl (C=O) groups is 3. The maximum atomic E-state index is 11.8. The molecule has 1 saturated heterocycles. The van der Waals surface area contributed by atoms with Crippen molar-refractivity contribution in [3.63, 3.8) is 0 Å². The standard InChI is InChI=1S/C22H35NO7S/c1-2-3-4-5-6-7-8-9-10-11-12-13-14-15-16-17-21(25)30-23-20(24)18-19(22(23)26)31(27,28)29/h6-7,9-10,19H,2-5,8,11-18H2,1H3,(H,27,28,29)/b7-6-,10-9-. The van der Waals surface area contributed by atoms with E-state index in [1.807, 2.05) is 0 Å². The van der Waals surface area contributed by atoms with Gasteiger partial charge in [-0.05, 0) is 38.5 Å². The van der Waals surface area contributed by atoms with E-state index in [0.29, 0.717) is 6.42 Å². The van der Waals surface area contributed by atoms with Gasteiger partial charge in [-0.1, -0.05) is 63.3 Å². The molecule has 9 heteroatoms. The van der Waals surface area contributed by atoms with Crippen molar-refractivity contribution in [2.24, 2.45) is 0 Å². The van der Waals surface area contributed by atoms with E-state index in [2.05, 4.69) is 36.1 Å². The fourth-order valence-electron chi connectivity index (χ4n) is 3.14. The number of rotatable bonds is 16. The quantitative estimate of drug-likeness (QED) is 0.159. The molecule has 0 saturated carbocycles. The van der Waals surface area contributed by atoms with Crippen molar-refractivity contribution in [2.45, 2.75) is 95.6 Å². The van der Waals surface area contributed by atoms with Crippen LogP contribution >= 0.6 is 0 Å². The summed E-state index contributed by atoms with van der Waals surface area (Å²) in [5, 5.41) is -1.75. The van der Waals surface area contributed by atoms with Gasteiger partial charge in [-0.2, -0.15) is 8.42 Å². The number of hydrogen-bond acceptors (Lipinski definition) is 6. The molecule has 1 aliphatic rings. The monoisotopic (exact) mass is 457 g/mol. The smallest absolute Gasteiger partial charge is 0.330 e. The summed E-state index contributed by atoms with van der Waals surface area (Å²) in [6.07, 6.45) is 19.5. The zero-order valence-electron chi connectivity index (χ0n) is 18.3. The minimum Gasteiger partial charge on any atom is -0.330 e. The second-order valence-corrected chi connectivity index (χ2v) is 9.28. The largest absolute Gasteiger partial charge is 0.333 e. The molecular weight excluding hydrogens is 422 g/mol. The molecule has 1 heterocycles. The van der Waals surface area contributed by atoms with Gasteiger partial charge in [-0.3, -0.25) is 14.1 Å². The molecule has 1 N–H and O–H groups in total. The Morgan fingerprint density at radius 3 is 2.16 bits per heavy atom. The van der Waals surface area contributed by atoms with E-state index in [4.69, 9.17) is 4.55 Å². The molecule has 0 aromatic rings. The predicted octanol–water partition coefficient (Wildman–Crippen LogP) is 4.27. The maximum Gasteiger partial charge on any atom is 0.333 e. The molecule has 176 valence electrons. The highest BCUT2D eigenvalue weighted by molar-refractivity contribution is 7.87. The summed E-state index contributed by atoms with van der Waals surface area (Å²) in [5.74, 6) is -2.97. The lowest BCUT2D eigenvalue weighted by Gasteiger charge is -2.13. The third kappa shape index (κ3) is 11.3. The maximum absolute atomic E-state index is 11.8. The van der Waals surface area contributed by atoms with Gasteiger partial charge in [0.05, 0.1) is 6.42 Å². The molecule has 0 aromatic heterocycles. The van der Waals surface area contributed by atoms with Crippen LogP contribution in [0.15, 0.2) is 24.3 Å². The number of unbranched alkanes of at least 4 members (excludes halogenated alkanes) is 8. The van der Waals surface area contributed by atoms with E-state index in [9.17, 15) is 22.8 Å². The second-order valence-electron chi connectivity index (χ2n) is 7.68. The topological polar surface area (TPSA) is 118 Å². The van der Waals surface area contributed by atoms with E-state index in [0.717, 1.165) is 44.9 Å². The van der Waals surface area contributed by atoms with Gasteiger partial charge < -0.3 is 4.84 Å². The van der Waals surface area contributed by atoms with Crippen LogP contribution in [0.2, 0.25) is 0 Å². The number of nitrogens with zero attached hydrogens (tertiary/aromatic N) is 1. The van der Waals surface area contributed by atoms with Crippen LogP contribution in [-0.2, 0) is 29.3 Å². The molecule has 0 bridgehead atoms. The Morgan fingerprint density at radius 2 is 1.58 bits per heavy atom. The molecule has 0 spiro atoms. The highest BCUT2D eigenvalue weighted by atomic mass is 32.2. The van der Waals surface area contributed by atoms with E-state index >= 15 is 0 Å². The third-order valence-electron chi connectivity index (χ3n) is 4.95. The molecule has 0 aromatic carbocycles. The number of carbonyl (C=O) groups excluding carboxylic acids is 3. The summed E-state index contributed by atoms with van der Waals surface area (Å²) in [4.78, 5) is 39.9.